The molecule has 0 spiro atoms. The van der Waals surface area contributed by atoms with Gasteiger partial charge >= 0.3 is 12.4 Å². The van der Waals surface area contributed by atoms with E-state index in [0.717, 1.165) is 24.3 Å². The second-order valence-electron chi connectivity index (χ2n) is 7.98. The number of fused-ring (bicyclic) bond motifs is 2. The first-order valence-corrected chi connectivity index (χ1v) is 11.2. The molecule has 0 saturated heterocycles. The van der Waals surface area contributed by atoms with E-state index in [9.17, 15) is 31.1 Å². The lowest BCUT2D eigenvalue weighted by Crippen LogP contribution is -2.06. The largest absolute Gasteiger partial charge is 0.416 e. The molecule has 5 rings (SSSR count). The van der Waals surface area contributed by atoms with Crippen molar-refractivity contribution in [2.24, 2.45) is 0 Å². The molecule has 0 radical (unpaired) electrons. The van der Waals surface area contributed by atoms with Gasteiger partial charge in [0.15, 0.2) is 5.43 Å². The SMILES string of the molecule is O=c1c2ccccc2sc2cc(-c3cccc(C(F)(F)F)c3)cc(-c3cccc(C(F)(F)F)c3)c12. The third kappa shape index (κ3) is 4.30. The maximum Gasteiger partial charge on any atom is 0.416 e. The number of halogens is 6. The number of alkyl halides is 6. The van der Waals surface area contributed by atoms with E-state index in [1.54, 1.807) is 30.3 Å². The van der Waals surface area contributed by atoms with Gasteiger partial charge in [0.2, 0.25) is 0 Å². The maximum atomic E-state index is 13.4. The van der Waals surface area contributed by atoms with Gasteiger partial charge in [-0.05, 0) is 70.8 Å². The van der Waals surface area contributed by atoms with Crippen LogP contribution in [0.5, 0.6) is 0 Å². The highest BCUT2D eigenvalue weighted by Crippen LogP contribution is 2.39. The zero-order chi connectivity index (χ0) is 25.0. The third-order valence-corrected chi connectivity index (χ3v) is 6.82. The number of hydrogen-bond acceptors (Lipinski definition) is 2. The molecule has 0 bridgehead atoms. The Morgan fingerprint density at radius 1 is 0.571 bits per heavy atom. The van der Waals surface area contributed by atoms with Crippen LogP contribution < -0.4 is 5.43 Å². The lowest BCUT2D eigenvalue weighted by molar-refractivity contribution is -0.138. The Morgan fingerprint density at radius 3 is 1.83 bits per heavy atom. The fraction of sp³-hybridized carbons (Fsp3) is 0.0741. The molecule has 1 aromatic heterocycles. The van der Waals surface area contributed by atoms with Crippen LogP contribution in [0.1, 0.15) is 11.1 Å². The van der Waals surface area contributed by atoms with Crippen LogP contribution in [0.4, 0.5) is 26.3 Å². The minimum absolute atomic E-state index is 0.151. The quantitative estimate of drug-likeness (QED) is 0.175. The van der Waals surface area contributed by atoms with Crippen LogP contribution >= 0.6 is 11.3 Å². The van der Waals surface area contributed by atoms with Crippen LogP contribution in [-0.4, -0.2) is 0 Å². The molecule has 4 aromatic carbocycles. The summed E-state index contributed by atoms with van der Waals surface area (Å²) in [5.74, 6) is 0. The zero-order valence-electron chi connectivity index (χ0n) is 17.7. The first kappa shape index (κ1) is 23.1. The van der Waals surface area contributed by atoms with Crippen molar-refractivity contribution < 1.29 is 26.3 Å². The Hall–Kier alpha value is -3.65. The topological polar surface area (TPSA) is 17.1 Å². The fourth-order valence-corrected chi connectivity index (χ4v) is 5.20. The second kappa shape index (κ2) is 8.23. The average molecular weight is 500 g/mol. The van der Waals surface area contributed by atoms with Crippen LogP contribution in [0, 0.1) is 0 Å². The van der Waals surface area contributed by atoms with Crippen LogP contribution in [0.15, 0.2) is 89.7 Å². The Bertz CT molecular complexity index is 1650. The fourth-order valence-electron chi connectivity index (χ4n) is 4.06. The Kier molecular flexibility index (Phi) is 5.44. The van der Waals surface area contributed by atoms with Crippen LogP contribution in [0.2, 0.25) is 0 Å². The first-order chi connectivity index (χ1) is 16.5. The van der Waals surface area contributed by atoms with Crippen molar-refractivity contribution in [1.29, 1.82) is 0 Å². The molecule has 0 amide bonds. The van der Waals surface area contributed by atoms with E-state index < -0.39 is 23.5 Å². The van der Waals surface area contributed by atoms with E-state index in [0.29, 0.717) is 20.3 Å². The average Bonchev–Trinajstić information content (AvgIpc) is 2.82. The van der Waals surface area contributed by atoms with E-state index in [1.807, 2.05) is 0 Å². The number of benzene rings is 4. The summed E-state index contributed by atoms with van der Waals surface area (Å²) in [6.07, 6.45) is -9.15. The normalized spacial score (nSPS) is 12.4. The summed E-state index contributed by atoms with van der Waals surface area (Å²) >= 11 is 1.26. The molecular formula is C27H14F6OS. The van der Waals surface area contributed by atoms with Crippen molar-refractivity contribution >= 4 is 31.5 Å². The van der Waals surface area contributed by atoms with Gasteiger partial charge in [-0.3, -0.25) is 4.79 Å². The molecule has 0 fully saturated rings. The lowest BCUT2D eigenvalue weighted by Gasteiger charge is -2.14. The summed E-state index contributed by atoms with van der Waals surface area (Å²) in [5.41, 5.74) is -1.10. The molecule has 8 heteroatoms. The van der Waals surface area contributed by atoms with Gasteiger partial charge in [0.05, 0.1) is 11.1 Å². The van der Waals surface area contributed by atoms with Gasteiger partial charge in [0, 0.05) is 20.2 Å². The van der Waals surface area contributed by atoms with E-state index in [1.165, 1.54) is 41.7 Å². The van der Waals surface area contributed by atoms with Crippen molar-refractivity contribution in [1.82, 2.24) is 0 Å². The van der Waals surface area contributed by atoms with Crippen molar-refractivity contribution in [3.63, 3.8) is 0 Å². The van der Waals surface area contributed by atoms with Crippen molar-refractivity contribution in [2.75, 3.05) is 0 Å². The first-order valence-electron chi connectivity index (χ1n) is 10.4. The highest BCUT2D eigenvalue weighted by Gasteiger charge is 2.31. The van der Waals surface area contributed by atoms with Gasteiger partial charge in [-0.25, -0.2) is 0 Å². The van der Waals surface area contributed by atoms with Gasteiger partial charge < -0.3 is 0 Å². The van der Waals surface area contributed by atoms with Crippen molar-refractivity contribution in [3.8, 4) is 22.3 Å². The molecule has 1 nitrogen and oxygen atoms in total. The van der Waals surface area contributed by atoms with E-state index in [4.69, 9.17) is 0 Å². The second-order valence-corrected chi connectivity index (χ2v) is 9.07. The monoisotopic (exact) mass is 500 g/mol. The van der Waals surface area contributed by atoms with Crippen molar-refractivity contribution in [2.45, 2.75) is 12.4 Å². The van der Waals surface area contributed by atoms with Gasteiger partial charge in [-0.2, -0.15) is 26.3 Å². The summed E-state index contributed by atoms with van der Waals surface area (Å²) in [5, 5.41) is 0.647. The number of rotatable bonds is 2. The zero-order valence-corrected chi connectivity index (χ0v) is 18.5. The molecule has 35 heavy (non-hydrogen) atoms. The molecule has 1 heterocycles. The van der Waals surface area contributed by atoms with Gasteiger partial charge in [-0.1, -0.05) is 36.4 Å². The standard InChI is InChI=1S/C27H14F6OS/c28-26(29,30)18-7-3-5-15(11-18)17-13-21(16-6-4-8-19(12-16)27(31,32)33)24-23(14-17)35-22-10-2-1-9-20(22)25(24)34/h1-14H. The highest BCUT2D eigenvalue weighted by molar-refractivity contribution is 7.24. The maximum absolute atomic E-state index is 13.4. The molecule has 0 N–H and O–H groups in total. The minimum atomic E-state index is -4.60. The van der Waals surface area contributed by atoms with Crippen molar-refractivity contribution in [3.05, 3.63) is 106 Å². The van der Waals surface area contributed by atoms with Crippen LogP contribution in [0.3, 0.4) is 0 Å². The molecule has 0 aliphatic heterocycles. The summed E-state index contributed by atoms with van der Waals surface area (Å²) in [4.78, 5) is 13.4. The third-order valence-electron chi connectivity index (χ3n) is 5.70. The highest BCUT2D eigenvalue weighted by atomic mass is 32.1. The molecule has 5 aromatic rings. The summed E-state index contributed by atoms with van der Waals surface area (Å²) < 4.78 is 81.4. The molecular weight excluding hydrogens is 486 g/mol. The molecule has 0 saturated carbocycles. The molecule has 176 valence electrons. The summed E-state index contributed by atoms with van der Waals surface area (Å²) in [6, 6.07) is 19.2. The summed E-state index contributed by atoms with van der Waals surface area (Å²) in [6.45, 7) is 0. The predicted octanol–water partition coefficient (Wildman–Crippen LogP) is 8.79. The molecule has 0 atom stereocenters. The van der Waals surface area contributed by atoms with Crippen LogP contribution in [-0.2, 0) is 12.4 Å². The summed E-state index contributed by atoms with van der Waals surface area (Å²) in [7, 11) is 0. The van der Waals surface area contributed by atoms with Crippen LogP contribution in [0.25, 0.3) is 42.4 Å². The molecule has 0 unspecified atom stereocenters. The van der Waals surface area contributed by atoms with Gasteiger partial charge in [0.25, 0.3) is 0 Å². The molecule has 0 aliphatic carbocycles. The predicted molar refractivity (Wildman–Crippen MR) is 126 cm³/mol. The van der Waals surface area contributed by atoms with Gasteiger partial charge in [-0.15, -0.1) is 11.3 Å². The minimum Gasteiger partial charge on any atom is -0.288 e. The Labute approximate surface area is 198 Å². The number of hydrogen-bond donors (Lipinski definition) is 0. The lowest BCUT2D eigenvalue weighted by atomic mass is 9.94. The van der Waals surface area contributed by atoms with E-state index >= 15 is 0 Å². The smallest absolute Gasteiger partial charge is 0.288 e. The Balaban J connectivity index is 1.86. The Morgan fingerprint density at radius 2 is 1.17 bits per heavy atom. The van der Waals surface area contributed by atoms with Gasteiger partial charge in [0.1, 0.15) is 0 Å². The van der Waals surface area contributed by atoms with E-state index in [2.05, 4.69) is 0 Å². The van der Waals surface area contributed by atoms with E-state index in [-0.39, 0.29) is 27.5 Å². The molecule has 0 aliphatic rings.